The van der Waals surface area contributed by atoms with E-state index in [-0.39, 0.29) is 0 Å². The molecule has 0 aliphatic rings. The van der Waals surface area contributed by atoms with Gasteiger partial charge in [0.05, 0.1) is 23.0 Å². The van der Waals surface area contributed by atoms with Crippen LogP contribution in [0, 0.1) is 13.8 Å². The van der Waals surface area contributed by atoms with Crippen molar-refractivity contribution < 1.29 is 4.52 Å². The summed E-state index contributed by atoms with van der Waals surface area (Å²) in [4.78, 5) is 0. The smallest absolute Gasteiger partial charge is 0.144 e. The number of rotatable bonds is 3. The number of fused-ring (bicyclic) bond motifs is 1. The number of aryl methyl sites for hydroxylation is 1. The van der Waals surface area contributed by atoms with Gasteiger partial charge in [-0.2, -0.15) is 5.10 Å². The van der Waals surface area contributed by atoms with Crippen LogP contribution in [0.1, 0.15) is 11.3 Å². The van der Waals surface area contributed by atoms with Crippen molar-refractivity contribution in [2.75, 3.05) is 0 Å². The highest BCUT2D eigenvalue weighted by Gasteiger charge is 2.19. The lowest BCUT2D eigenvalue weighted by molar-refractivity contribution is 0.428. The average molecular weight is 367 g/mol. The topological polar surface area (TPSA) is 69.6 Å². The molecule has 3 heterocycles. The van der Waals surface area contributed by atoms with Crippen LogP contribution in [0.4, 0.5) is 0 Å². The van der Waals surface area contributed by atoms with Gasteiger partial charge in [-0.15, -0.1) is 10.2 Å². The second kappa shape index (κ2) is 6.42. The third kappa shape index (κ3) is 2.58. The van der Waals surface area contributed by atoms with Gasteiger partial charge in [-0.1, -0.05) is 53.2 Å². The molecule has 0 saturated carbocycles. The Kier molecular flexibility index (Phi) is 3.76. The quantitative estimate of drug-likeness (QED) is 0.460. The Hall–Kier alpha value is -3.80. The Morgan fingerprint density at radius 1 is 0.857 bits per heavy atom. The molecule has 0 amide bonds. The van der Waals surface area contributed by atoms with Gasteiger partial charge >= 0.3 is 0 Å². The van der Waals surface area contributed by atoms with Crippen LogP contribution in [0.15, 0.2) is 71.6 Å². The molecule has 0 unspecified atom stereocenters. The first-order valence-corrected chi connectivity index (χ1v) is 9.00. The van der Waals surface area contributed by atoms with Crippen LogP contribution in [-0.4, -0.2) is 25.1 Å². The second-order valence-corrected chi connectivity index (χ2v) is 6.73. The Morgan fingerprint density at radius 3 is 2.39 bits per heavy atom. The summed E-state index contributed by atoms with van der Waals surface area (Å²) in [6, 6.07) is 18.2. The second-order valence-electron chi connectivity index (χ2n) is 6.73. The van der Waals surface area contributed by atoms with Crippen molar-refractivity contribution in [2.24, 2.45) is 0 Å². The van der Waals surface area contributed by atoms with Gasteiger partial charge in [0.25, 0.3) is 0 Å². The predicted octanol–water partition coefficient (Wildman–Crippen LogP) is 4.75. The summed E-state index contributed by atoms with van der Waals surface area (Å²) in [5, 5.41) is 18.6. The van der Waals surface area contributed by atoms with E-state index in [1.807, 2.05) is 54.1 Å². The molecule has 0 atom stereocenters. The number of benzene rings is 2. The minimum Gasteiger partial charge on any atom is -0.363 e. The molecule has 5 aromatic rings. The third-order valence-corrected chi connectivity index (χ3v) is 4.89. The molecular formula is C22H17N5O. The summed E-state index contributed by atoms with van der Waals surface area (Å²) >= 11 is 0. The normalized spacial score (nSPS) is 11.2. The molecule has 0 saturated heterocycles. The fourth-order valence-electron chi connectivity index (χ4n) is 3.35. The molecule has 6 heteroatoms. The summed E-state index contributed by atoms with van der Waals surface area (Å²) in [6.45, 7) is 4.07. The summed E-state index contributed by atoms with van der Waals surface area (Å²) in [7, 11) is 0. The monoisotopic (exact) mass is 367 g/mol. The van der Waals surface area contributed by atoms with E-state index < -0.39 is 0 Å². The fourth-order valence-corrected chi connectivity index (χ4v) is 3.35. The van der Waals surface area contributed by atoms with E-state index in [4.69, 9.17) is 4.52 Å². The van der Waals surface area contributed by atoms with E-state index >= 15 is 0 Å². The van der Waals surface area contributed by atoms with Crippen molar-refractivity contribution in [1.29, 1.82) is 0 Å². The number of aromatic nitrogens is 5. The lowest BCUT2D eigenvalue weighted by Crippen LogP contribution is -1.99. The van der Waals surface area contributed by atoms with E-state index in [0.717, 1.165) is 33.6 Å². The maximum atomic E-state index is 5.29. The zero-order valence-corrected chi connectivity index (χ0v) is 15.5. The maximum Gasteiger partial charge on any atom is 0.144 e. The molecule has 28 heavy (non-hydrogen) atoms. The molecule has 0 aliphatic carbocycles. The van der Waals surface area contributed by atoms with Gasteiger partial charge in [-0.05, 0) is 26.0 Å². The zero-order valence-electron chi connectivity index (χ0n) is 15.5. The largest absolute Gasteiger partial charge is 0.363 e. The first-order chi connectivity index (χ1) is 13.7. The number of para-hydroxylation sites is 1. The molecule has 6 nitrogen and oxygen atoms in total. The van der Waals surface area contributed by atoms with Crippen LogP contribution in [0.25, 0.3) is 39.1 Å². The summed E-state index contributed by atoms with van der Waals surface area (Å²) in [5.74, 6) is 0. The lowest BCUT2D eigenvalue weighted by Gasteiger charge is -2.06. The zero-order chi connectivity index (χ0) is 19.1. The molecule has 0 spiro atoms. The molecule has 0 bridgehead atoms. The first-order valence-electron chi connectivity index (χ1n) is 9.00. The molecule has 136 valence electrons. The Balaban J connectivity index is 1.66. The van der Waals surface area contributed by atoms with Crippen molar-refractivity contribution >= 4 is 10.9 Å². The van der Waals surface area contributed by atoms with Gasteiger partial charge in [0.15, 0.2) is 0 Å². The molecule has 0 aliphatic heterocycles. The van der Waals surface area contributed by atoms with Gasteiger partial charge < -0.3 is 4.52 Å². The number of hydrogen-bond donors (Lipinski definition) is 0. The van der Waals surface area contributed by atoms with Crippen LogP contribution >= 0.6 is 0 Å². The molecular weight excluding hydrogens is 350 g/mol. The van der Waals surface area contributed by atoms with Crippen molar-refractivity contribution in [3.8, 4) is 28.2 Å². The SMILES string of the molecule is Cc1ccc(-c2nnc(-c3cnn(-c4ccccc4)c3C)c3nocc23)cc1. The highest BCUT2D eigenvalue weighted by molar-refractivity contribution is 5.98. The maximum absolute atomic E-state index is 5.29. The van der Waals surface area contributed by atoms with Crippen LogP contribution in [0.3, 0.4) is 0 Å². The van der Waals surface area contributed by atoms with Gasteiger partial charge in [0, 0.05) is 11.1 Å². The average Bonchev–Trinajstić information content (AvgIpc) is 3.36. The van der Waals surface area contributed by atoms with Gasteiger partial charge in [0.1, 0.15) is 23.2 Å². The third-order valence-electron chi connectivity index (χ3n) is 4.89. The van der Waals surface area contributed by atoms with Gasteiger partial charge in [0.2, 0.25) is 0 Å². The van der Waals surface area contributed by atoms with E-state index in [0.29, 0.717) is 11.2 Å². The fraction of sp³-hybridized carbons (Fsp3) is 0.0909. The summed E-state index contributed by atoms with van der Waals surface area (Å²) < 4.78 is 7.17. The molecule has 0 fully saturated rings. The van der Waals surface area contributed by atoms with Crippen molar-refractivity contribution in [3.05, 3.63) is 78.3 Å². The Labute approximate surface area is 161 Å². The highest BCUT2D eigenvalue weighted by atomic mass is 16.5. The number of nitrogens with zero attached hydrogens (tertiary/aromatic N) is 5. The first kappa shape index (κ1) is 16.4. The molecule has 2 aromatic carbocycles. The van der Waals surface area contributed by atoms with Crippen LogP contribution in [0.2, 0.25) is 0 Å². The Morgan fingerprint density at radius 2 is 1.61 bits per heavy atom. The number of hydrogen-bond acceptors (Lipinski definition) is 5. The summed E-state index contributed by atoms with van der Waals surface area (Å²) in [6.07, 6.45) is 3.42. The van der Waals surface area contributed by atoms with Crippen molar-refractivity contribution in [2.45, 2.75) is 13.8 Å². The van der Waals surface area contributed by atoms with Gasteiger partial charge in [-0.3, -0.25) is 0 Å². The lowest BCUT2D eigenvalue weighted by atomic mass is 10.0. The van der Waals surface area contributed by atoms with Crippen LogP contribution in [-0.2, 0) is 0 Å². The minimum absolute atomic E-state index is 0.666. The van der Waals surface area contributed by atoms with E-state index in [2.05, 4.69) is 39.5 Å². The van der Waals surface area contributed by atoms with Crippen LogP contribution < -0.4 is 0 Å². The molecule has 0 radical (unpaired) electrons. The molecule has 3 aromatic heterocycles. The van der Waals surface area contributed by atoms with Gasteiger partial charge in [-0.25, -0.2) is 4.68 Å². The van der Waals surface area contributed by atoms with Crippen molar-refractivity contribution in [3.63, 3.8) is 0 Å². The van der Waals surface area contributed by atoms with Crippen molar-refractivity contribution in [1.82, 2.24) is 25.1 Å². The molecule has 5 rings (SSSR count). The van der Waals surface area contributed by atoms with E-state index in [1.54, 1.807) is 12.5 Å². The van der Waals surface area contributed by atoms with Crippen LogP contribution in [0.5, 0.6) is 0 Å². The molecule has 0 N–H and O–H groups in total. The Bertz CT molecular complexity index is 1270. The standard InChI is InChI=1S/C22H17N5O/c1-14-8-10-16(11-9-14)20-19-13-28-26-22(19)21(25-24-20)18-12-23-27(15(18)2)17-6-4-3-5-7-17/h3-13H,1-2H3. The predicted molar refractivity (Wildman–Crippen MR) is 107 cm³/mol. The highest BCUT2D eigenvalue weighted by Crippen LogP contribution is 2.33. The van der Waals surface area contributed by atoms with E-state index in [1.165, 1.54) is 5.56 Å². The minimum atomic E-state index is 0.666. The van der Waals surface area contributed by atoms with E-state index in [9.17, 15) is 0 Å². The summed E-state index contributed by atoms with van der Waals surface area (Å²) in [5.41, 5.74) is 7.12.